The van der Waals surface area contributed by atoms with Crippen LogP contribution >= 0.6 is 0 Å². The van der Waals surface area contributed by atoms with Gasteiger partial charge in [-0.3, -0.25) is 4.79 Å². The van der Waals surface area contributed by atoms with Crippen LogP contribution in [0.2, 0.25) is 0 Å². The first-order valence-corrected chi connectivity index (χ1v) is 12.5. The molecule has 196 valence electrons. The summed E-state index contributed by atoms with van der Waals surface area (Å²) in [5.41, 5.74) is 8.17. The highest BCUT2D eigenvalue weighted by Gasteiger charge is 2.31. The van der Waals surface area contributed by atoms with E-state index in [-0.39, 0.29) is 18.0 Å². The molecule has 0 saturated carbocycles. The zero-order chi connectivity index (χ0) is 26.9. The van der Waals surface area contributed by atoms with Gasteiger partial charge in [0.15, 0.2) is 5.65 Å². The number of nitrogen functional groups attached to an aromatic ring is 1. The number of nitrogens with two attached hydrogens (primary N) is 1. The predicted molar refractivity (Wildman–Crippen MR) is 143 cm³/mol. The van der Waals surface area contributed by atoms with Crippen LogP contribution in [0.4, 0.5) is 16.4 Å². The molecular weight excluding hydrogens is 484 g/mol. The van der Waals surface area contributed by atoms with Crippen molar-refractivity contribution in [2.24, 2.45) is 0 Å². The van der Waals surface area contributed by atoms with Gasteiger partial charge in [-0.15, -0.1) is 0 Å². The standard InChI is InChI=1S/C27H30N8O3/c1-27(2,3)38-26(37)34-14-6-7-19(15-34)35-24-21(23(28)30-16-31-24)22(33-35)17-9-11-18(12-10-17)25(36)32-20-8-4-5-13-29-20/h4-5,8-13,16,19H,6-7,14-15H2,1-3H3,(H2,28,30,31)(H,29,32,36). The van der Waals surface area contributed by atoms with E-state index in [2.05, 4.69) is 20.3 Å². The van der Waals surface area contributed by atoms with Crippen LogP contribution in [0.3, 0.4) is 0 Å². The van der Waals surface area contributed by atoms with Crippen LogP contribution in [0, 0.1) is 0 Å². The number of carbonyl (C=O) groups is 2. The molecule has 1 fully saturated rings. The maximum Gasteiger partial charge on any atom is 0.410 e. The van der Waals surface area contributed by atoms with Gasteiger partial charge in [-0.2, -0.15) is 5.10 Å². The molecule has 2 amide bonds. The Balaban J connectivity index is 1.43. The van der Waals surface area contributed by atoms with E-state index in [4.69, 9.17) is 15.6 Å². The SMILES string of the molecule is CC(C)(C)OC(=O)N1CCCC(n2nc(-c3ccc(C(=O)Nc4ccccn4)cc3)c3c(N)ncnc32)C1. The minimum atomic E-state index is -0.571. The zero-order valence-electron chi connectivity index (χ0n) is 21.6. The summed E-state index contributed by atoms with van der Waals surface area (Å²) in [5.74, 6) is 0.523. The number of benzene rings is 1. The maximum absolute atomic E-state index is 12.7. The molecule has 1 aliphatic rings. The van der Waals surface area contributed by atoms with E-state index in [1.54, 1.807) is 41.4 Å². The first-order chi connectivity index (χ1) is 18.2. The molecule has 0 spiro atoms. The number of pyridine rings is 1. The third-order valence-corrected chi connectivity index (χ3v) is 6.24. The van der Waals surface area contributed by atoms with Gasteiger partial charge in [-0.25, -0.2) is 24.4 Å². The fraction of sp³-hybridized carbons (Fsp3) is 0.333. The van der Waals surface area contributed by atoms with Crippen molar-refractivity contribution >= 4 is 34.7 Å². The first kappa shape index (κ1) is 25.1. The number of aromatic nitrogens is 5. The van der Waals surface area contributed by atoms with Gasteiger partial charge in [0.1, 0.15) is 29.3 Å². The molecule has 1 saturated heterocycles. The van der Waals surface area contributed by atoms with Crippen LogP contribution < -0.4 is 11.1 Å². The van der Waals surface area contributed by atoms with Crippen molar-refractivity contribution in [3.8, 4) is 11.3 Å². The molecule has 38 heavy (non-hydrogen) atoms. The van der Waals surface area contributed by atoms with E-state index in [0.29, 0.717) is 47.0 Å². The Morgan fingerprint density at radius 2 is 1.87 bits per heavy atom. The number of piperidine rings is 1. The van der Waals surface area contributed by atoms with Crippen LogP contribution in [0.1, 0.15) is 50.0 Å². The number of rotatable bonds is 4. The molecule has 1 unspecified atom stereocenters. The van der Waals surface area contributed by atoms with Gasteiger partial charge in [0, 0.05) is 30.4 Å². The Morgan fingerprint density at radius 1 is 1.08 bits per heavy atom. The van der Waals surface area contributed by atoms with Gasteiger partial charge in [0.2, 0.25) is 0 Å². The molecule has 1 atom stereocenters. The monoisotopic (exact) mass is 514 g/mol. The lowest BCUT2D eigenvalue weighted by atomic mass is 10.1. The minimum absolute atomic E-state index is 0.106. The number of anilines is 2. The second-order valence-corrected chi connectivity index (χ2v) is 10.2. The number of fused-ring (bicyclic) bond motifs is 1. The van der Waals surface area contributed by atoms with E-state index >= 15 is 0 Å². The summed E-state index contributed by atoms with van der Waals surface area (Å²) in [7, 11) is 0. The molecule has 11 heteroatoms. The summed E-state index contributed by atoms with van der Waals surface area (Å²) >= 11 is 0. The summed E-state index contributed by atoms with van der Waals surface area (Å²) < 4.78 is 7.42. The number of carbonyl (C=O) groups excluding carboxylic acids is 2. The Morgan fingerprint density at radius 3 is 2.58 bits per heavy atom. The lowest BCUT2D eigenvalue weighted by Gasteiger charge is -2.34. The average molecular weight is 515 g/mol. The van der Waals surface area contributed by atoms with Crippen molar-refractivity contribution in [2.75, 3.05) is 24.1 Å². The number of likely N-dealkylation sites (tertiary alicyclic amines) is 1. The van der Waals surface area contributed by atoms with Gasteiger partial charge in [-0.05, 0) is 57.9 Å². The summed E-state index contributed by atoms with van der Waals surface area (Å²) in [6, 6.07) is 12.3. The van der Waals surface area contributed by atoms with Crippen molar-refractivity contribution in [1.82, 2.24) is 29.6 Å². The lowest BCUT2D eigenvalue weighted by molar-refractivity contribution is 0.0169. The number of hydrogen-bond acceptors (Lipinski definition) is 8. The molecule has 1 aromatic carbocycles. The fourth-order valence-corrected chi connectivity index (χ4v) is 4.50. The molecule has 11 nitrogen and oxygen atoms in total. The first-order valence-electron chi connectivity index (χ1n) is 12.5. The van der Waals surface area contributed by atoms with Gasteiger partial charge in [0.05, 0.1) is 11.4 Å². The van der Waals surface area contributed by atoms with Crippen molar-refractivity contribution in [2.45, 2.75) is 45.3 Å². The summed E-state index contributed by atoms with van der Waals surface area (Å²) in [6.45, 7) is 6.63. The molecule has 1 aliphatic heterocycles. The molecule has 5 rings (SSSR count). The van der Waals surface area contributed by atoms with E-state index in [9.17, 15) is 9.59 Å². The van der Waals surface area contributed by atoms with Crippen molar-refractivity contribution < 1.29 is 14.3 Å². The second-order valence-electron chi connectivity index (χ2n) is 10.2. The summed E-state index contributed by atoms with van der Waals surface area (Å²) in [6.07, 6.45) is 4.32. The topological polar surface area (TPSA) is 141 Å². The number of nitrogens with zero attached hydrogens (tertiary/aromatic N) is 6. The summed E-state index contributed by atoms with van der Waals surface area (Å²) in [5, 5.41) is 8.31. The molecule has 3 N–H and O–H groups in total. The number of nitrogens with one attached hydrogen (secondary N) is 1. The number of amides is 2. The van der Waals surface area contributed by atoms with Crippen molar-refractivity contribution in [3.05, 3.63) is 60.6 Å². The van der Waals surface area contributed by atoms with Crippen LogP contribution in [0.5, 0.6) is 0 Å². The van der Waals surface area contributed by atoms with Crippen LogP contribution in [0.15, 0.2) is 55.0 Å². The molecule has 4 heterocycles. The minimum Gasteiger partial charge on any atom is -0.444 e. The van der Waals surface area contributed by atoms with E-state index in [1.807, 2.05) is 37.6 Å². The highest BCUT2D eigenvalue weighted by Crippen LogP contribution is 2.34. The van der Waals surface area contributed by atoms with E-state index in [1.165, 1.54) is 6.33 Å². The second kappa shape index (κ2) is 10.1. The number of ether oxygens (including phenoxy) is 1. The Labute approximate surface area is 220 Å². The van der Waals surface area contributed by atoms with Gasteiger partial charge in [-0.1, -0.05) is 18.2 Å². The van der Waals surface area contributed by atoms with E-state index in [0.717, 1.165) is 18.4 Å². The largest absolute Gasteiger partial charge is 0.444 e. The van der Waals surface area contributed by atoms with Gasteiger partial charge >= 0.3 is 6.09 Å². The van der Waals surface area contributed by atoms with Crippen molar-refractivity contribution in [3.63, 3.8) is 0 Å². The highest BCUT2D eigenvalue weighted by atomic mass is 16.6. The van der Waals surface area contributed by atoms with E-state index < -0.39 is 5.60 Å². The zero-order valence-corrected chi connectivity index (χ0v) is 21.6. The summed E-state index contributed by atoms with van der Waals surface area (Å²) in [4.78, 5) is 39.9. The van der Waals surface area contributed by atoms with Crippen LogP contribution in [0.25, 0.3) is 22.3 Å². The Hall–Kier alpha value is -4.54. The van der Waals surface area contributed by atoms with Crippen LogP contribution in [-0.2, 0) is 4.74 Å². The Bertz CT molecular complexity index is 1460. The molecule has 0 radical (unpaired) electrons. The highest BCUT2D eigenvalue weighted by molar-refractivity contribution is 6.04. The quantitative estimate of drug-likeness (QED) is 0.411. The lowest BCUT2D eigenvalue weighted by Crippen LogP contribution is -2.43. The third kappa shape index (κ3) is 5.26. The molecule has 4 aromatic rings. The van der Waals surface area contributed by atoms with Gasteiger partial charge in [0.25, 0.3) is 5.91 Å². The Kier molecular flexibility index (Phi) is 6.66. The molecular formula is C27H30N8O3. The third-order valence-electron chi connectivity index (χ3n) is 6.24. The molecule has 0 aliphatic carbocycles. The number of hydrogen-bond donors (Lipinski definition) is 2. The van der Waals surface area contributed by atoms with Gasteiger partial charge < -0.3 is 20.7 Å². The average Bonchev–Trinajstić information content (AvgIpc) is 3.29. The fourth-order valence-electron chi connectivity index (χ4n) is 4.50. The van der Waals surface area contributed by atoms with Crippen LogP contribution in [-0.4, -0.2) is 60.3 Å². The maximum atomic E-state index is 12.7. The molecule has 3 aromatic heterocycles. The normalized spacial score (nSPS) is 15.9. The van der Waals surface area contributed by atoms with Crippen molar-refractivity contribution in [1.29, 1.82) is 0 Å². The predicted octanol–water partition coefficient (Wildman–Crippen LogP) is 4.29. The molecule has 0 bridgehead atoms. The smallest absolute Gasteiger partial charge is 0.410 e.